The van der Waals surface area contributed by atoms with Crippen LogP contribution in [0.15, 0.2) is 53.5 Å². The molecule has 4 rings (SSSR count). The topological polar surface area (TPSA) is 37.9 Å². The summed E-state index contributed by atoms with van der Waals surface area (Å²) in [4.78, 5) is 7.60. The Morgan fingerprint density at radius 2 is 2.04 bits per heavy atom. The SMILES string of the molecule is COc1cc(F)ccc1-c1c[nH]c2nccc(-c3ccsc3)c12. The largest absolute Gasteiger partial charge is 0.496 e. The zero-order chi connectivity index (χ0) is 15.8. The van der Waals surface area contributed by atoms with Crippen LogP contribution in [0.4, 0.5) is 4.39 Å². The van der Waals surface area contributed by atoms with E-state index in [1.54, 1.807) is 30.7 Å². The van der Waals surface area contributed by atoms with Gasteiger partial charge in [0.2, 0.25) is 0 Å². The van der Waals surface area contributed by atoms with Gasteiger partial charge in [-0.05, 0) is 46.2 Å². The molecule has 23 heavy (non-hydrogen) atoms. The van der Waals surface area contributed by atoms with Crippen molar-refractivity contribution in [2.75, 3.05) is 7.11 Å². The summed E-state index contributed by atoms with van der Waals surface area (Å²) >= 11 is 1.65. The van der Waals surface area contributed by atoms with Crippen molar-refractivity contribution in [3.63, 3.8) is 0 Å². The molecule has 0 atom stereocenters. The third-order valence-corrected chi connectivity index (χ3v) is 4.54. The van der Waals surface area contributed by atoms with Gasteiger partial charge in [-0.3, -0.25) is 0 Å². The lowest BCUT2D eigenvalue weighted by molar-refractivity contribution is 0.413. The fourth-order valence-corrected chi connectivity index (χ4v) is 3.47. The van der Waals surface area contributed by atoms with Crippen LogP contribution in [0, 0.1) is 5.82 Å². The normalized spacial score (nSPS) is 11.0. The van der Waals surface area contributed by atoms with Crippen LogP contribution in [0.5, 0.6) is 5.75 Å². The number of ether oxygens (including phenoxy) is 1. The van der Waals surface area contributed by atoms with Crippen molar-refractivity contribution < 1.29 is 9.13 Å². The molecule has 4 aromatic rings. The first kappa shape index (κ1) is 14.0. The highest BCUT2D eigenvalue weighted by Gasteiger charge is 2.16. The monoisotopic (exact) mass is 324 g/mol. The summed E-state index contributed by atoms with van der Waals surface area (Å²) in [6.07, 6.45) is 3.68. The number of nitrogens with one attached hydrogen (secondary N) is 1. The number of fused-ring (bicyclic) bond motifs is 1. The predicted octanol–water partition coefficient (Wildman–Crippen LogP) is 5.11. The second-order valence-corrected chi connectivity index (χ2v) is 5.92. The molecule has 3 heterocycles. The molecule has 0 aliphatic heterocycles. The fourth-order valence-electron chi connectivity index (χ4n) is 2.81. The van der Waals surface area contributed by atoms with E-state index in [1.165, 1.54) is 12.1 Å². The summed E-state index contributed by atoms with van der Waals surface area (Å²) in [6, 6.07) is 8.66. The maximum absolute atomic E-state index is 13.5. The van der Waals surface area contributed by atoms with Crippen LogP contribution in [0.2, 0.25) is 0 Å². The Hall–Kier alpha value is -2.66. The number of nitrogens with zero attached hydrogens (tertiary/aromatic N) is 1. The Labute approximate surface area is 136 Å². The summed E-state index contributed by atoms with van der Waals surface area (Å²) in [6.45, 7) is 0. The van der Waals surface area contributed by atoms with E-state index in [9.17, 15) is 4.39 Å². The molecule has 0 unspecified atom stereocenters. The first-order valence-corrected chi connectivity index (χ1v) is 8.05. The number of thiophene rings is 1. The maximum atomic E-state index is 13.5. The van der Waals surface area contributed by atoms with Gasteiger partial charge in [0.25, 0.3) is 0 Å². The van der Waals surface area contributed by atoms with Gasteiger partial charge in [-0.25, -0.2) is 9.37 Å². The number of aromatic amines is 1. The molecular weight excluding hydrogens is 311 g/mol. The number of halogens is 1. The van der Waals surface area contributed by atoms with Gasteiger partial charge in [0.05, 0.1) is 7.11 Å². The molecule has 0 aliphatic rings. The van der Waals surface area contributed by atoms with Gasteiger partial charge >= 0.3 is 0 Å². The highest BCUT2D eigenvalue weighted by Crippen LogP contribution is 2.39. The molecule has 3 nitrogen and oxygen atoms in total. The number of hydrogen-bond donors (Lipinski definition) is 1. The minimum atomic E-state index is -0.318. The minimum absolute atomic E-state index is 0.318. The molecule has 0 spiro atoms. The van der Waals surface area contributed by atoms with E-state index in [4.69, 9.17) is 4.74 Å². The summed E-state index contributed by atoms with van der Waals surface area (Å²) in [5, 5.41) is 5.16. The standard InChI is InChI=1S/C18H13FN2OS/c1-22-16-8-12(19)2-3-14(16)15-9-21-18-17(15)13(4-6-20-18)11-5-7-23-10-11/h2-10H,1H3,(H,20,21). The molecule has 0 radical (unpaired) electrons. The van der Waals surface area contributed by atoms with Crippen LogP contribution in [0.3, 0.4) is 0 Å². The van der Waals surface area contributed by atoms with Crippen LogP contribution in [0.1, 0.15) is 0 Å². The van der Waals surface area contributed by atoms with Gasteiger partial charge in [-0.2, -0.15) is 11.3 Å². The summed E-state index contributed by atoms with van der Waals surface area (Å²) in [5.74, 6) is 0.188. The van der Waals surface area contributed by atoms with Crippen LogP contribution in [0.25, 0.3) is 33.3 Å². The predicted molar refractivity (Wildman–Crippen MR) is 91.4 cm³/mol. The van der Waals surface area contributed by atoms with Crippen LogP contribution in [-0.2, 0) is 0 Å². The van der Waals surface area contributed by atoms with E-state index in [0.717, 1.165) is 33.3 Å². The average molecular weight is 324 g/mol. The second-order valence-electron chi connectivity index (χ2n) is 5.14. The third kappa shape index (κ3) is 2.29. The zero-order valence-electron chi connectivity index (χ0n) is 12.3. The smallest absolute Gasteiger partial charge is 0.138 e. The van der Waals surface area contributed by atoms with Crippen LogP contribution in [-0.4, -0.2) is 17.1 Å². The van der Waals surface area contributed by atoms with E-state index >= 15 is 0 Å². The number of pyridine rings is 1. The van der Waals surface area contributed by atoms with Gasteiger partial charge in [-0.15, -0.1) is 0 Å². The molecule has 5 heteroatoms. The number of rotatable bonds is 3. The lowest BCUT2D eigenvalue weighted by Gasteiger charge is -2.09. The lowest BCUT2D eigenvalue weighted by Crippen LogP contribution is -1.89. The average Bonchev–Trinajstić information content (AvgIpc) is 3.24. The Morgan fingerprint density at radius 3 is 2.83 bits per heavy atom. The van der Waals surface area contributed by atoms with Crippen molar-refractivity contribution >= 4 is 22.4 Å². The van der Waals surface area contributed by atoms with Gasteiger partial charge in [0.1, 0.15) is 17.2 Å². The summed E-state index contributed by atoms with van der Waals surface area (Å²) in [7, 11) is 1.55. The number of aromatic nitrogens is 2. The Bertz CT molecular complexity index is 976. The number of benzene rings is 1. The molecule has 0 bridgehead atoms. The molecule has 1 aromatic carbocycles. The van der Waals surface area contributed by atoms with Crippen molar-refractivity contribution in [3.05, 3.63) is 59.3 Å². The Morgan fingerprint density at radius 1 is 1.13 bits per heavy atom. The highest BCUT2D eigenvalue weighted by atomic mass is 32.1. The fraction of sp³-hybridized carbons (Fsp3) is 0.0556. The van der Waals surface area contributed by atoms with Crippen LogP contribution >= 0.6 is 11.3 Å². The summed E-state index contributed by atoms with van der Waals surface area (Å²) < 4.78 is 18.9. The lowest BCUT2D eigenvalue weighted by atomic mass is 9.99. The first-order chi connectivity index (χ1) is 11.3. The van der Waals surface area contributed by atoms with Crippen molar-refractivity contribution in [1.82, 2.24) is 9.97 Å². The van der Waals surface area contributed by atoms with Gasteiger partial charge < -0.3 is 9.72 Å². The van der Waals surface area contributed by atoms with E-state index in [2.05, 4.69) is 21.4 Å². The van der Waals surface area contributed by atoms with Crippen molar-refractivity contribution in [3.8, 4) is 28.0 Å². The Kier molecular flexibility index (Phi) is 3.35. The number of H-pyrrole nitrogens is 1. The van der Waals surface area contributed by atoms with Gasteiger partial charge in [0, 0.05) is 35.0 Å². The van der Waals surface area contributed by atoms with Crippen molar-refractivity contribution in [2.24, 2.45) is 0 Å². The molecule has 1 N–H and O–H groups in total. The number of methoxy groups -OCH3 is 1. The first-order valence-electron chi connectivity index (χ1n) is 7.10. The molecule has 0 saturated carbocycles. The van der Waals surface area contributed by atoms with Gasteiger partial charge in [-0.1, -0.05) is 0 Å². The molecule has 0 aliphatic carbocycles. The van der Waals surface area contributed by atoms with E-state index in [-0.39, 0.29) is 5.82 Å². The highest BCUT2D eigenvalue weighted by molar-refractivity contribution is 7.08. The third-order valence-electron chi connectivity index (χ3n) is 3.86. The van der Waals surface area contributed by atoms with E-state index in [0.29, 0.717) is 5.75 Å². The van der Waals surface area contributed by atoms with Gasteiger partial charge in [0.15, 0.2) is 0 Å². The number of hydrogen-bond acceptors (Lipinski definition) is 3. The molecule has 0 fully saturated rings. The van der Waals surface area contributed by atoms with E-state index < -0.39 is 0 Å². The quantitative estimate of drug-likeness (QED) is 0.569. The van der Waals surface area contributed by atoms with Crippen molar-refractivity contribution in [2.45, 2.75) is 0 Å². The maximum Gasteiger partial charge on any atom is 0.138 e. The van der Waals surface area contributed by atoms with Crippen molar-refractivity contribution in [1.29, 1.82) is 0 Å². The van der Waals surface area contributed by atoms with E-state index in [1.807, 2.05) is 17.6 Å². The van der Waals surface area contributed by atoms with Crippen LogP contribution < -0.4 is 4.74 Å². The summed E-state index contributed by atoms with van der Waals surface area (Å²) in [5.41, 5.74) is 4.83. The zero-order valence-corrected chi connectivity index (χ0v) is 13.2. The Balaban J connectivity index is 2.02. The molecule has 0 saturated heterocycles. The molecule has 0 amide bonds. The molecule has 3 aromatic heterocycles. The molecule has 114 valence electrons. The molecular formula is C18H13FN2OS. The second kappa shape index (κ2) is 5.52. The minimum Gasteiger partial charge on any atom is -0.496 e.